The van der Waals surface area contributed by atoms with E-state index in [-0.39, 0.29) is 17.0 Å². The molecule has 0 saturated heterocycles. The van der Waals surface area contributed by atoms with Gasteiger partial charge >= 0.3 is 5.97 Å². The molecular weight excluding hydrogens is 333 g/mol. The lowest BCUT2D eigenvalue weighted by Gasteiger charge is -2.09. The van der Waals surface area contributed by atoms with Crippen LogP contribution in [-0.4, -0.2) is 25.7 Å². The van der Waals surface area contributed by atoms with Crippen LogP contribution in [0.5, 0.6) is 0 Å². The molecule has 0 amide bonds. The van der Waals surface area contributed by atoms with Crippen molar-refractivity contribution in [1.29, 1.82) is 0 Å². The van der Waals surface area contributed by atoms with Crippen LogP contribution in [0.3, 0.4) is 0 Å². The highest BCUT2D eigenvalue weighted by molar-refractivity contribution is 6.02. The van der Waals surface area contributed by atoms with Crippen molar-refractivity contribution in [3.05, 3.63) is 77.7 Å². The molecule has 1 N–H and O–H groups in total. The van der Waals surface area contributed by atoms with Gasteiger partial charge in [0.2, 0.25) is 0 Å². The molecule has 0 atom stereocenters. The first-order valence-corrected chi connectivity index (χ1v) is 7.99. The van der Waals surface area contributed by atoms with Crippen LogP contribution in [-0.2, 0) is 0 Å². The summed E-state index contributed by atoms with van der Waals surface area (Å²) in [6, 6.07) is 16.8. The Morgan fingerprint density at radius 3 is 2.38 bits per heavy atom. The van der Waals surface area contributed by atoms with E-state index in [4.69, 9.17) is 0 Å². The molecule has 4 aromatic rings. The van der Waals surface area contributed by atoms with Gasteiger partial charge in [-0.3, -0.25) is 0 Å². The maximum Gasteiger partial charge on any atom is 0.340 e. The molecule has 0 saturated carbocycles. The van der Waals surface area contributed by atoms with Crippen molar-refractivity contribution in [2.45, 2.75) is 6.92 Å². The molecule has 0 aliphatic heterocycles. The maximum absolute atomic E-state index is 13.2. The predicted molar refractivity (Wildman–Crippen MR) is 95.5 cm³/mol. The molecule has 128 valence electrons. The van der Waals surface area contributed by atoms with Crippen molar-refractivity contribution in [3.63, 3.8) is 0 Å². The first kappa shape index (κ1) is 16.0. The van der Waals surface area contributed by atoms with E-state index in [9.17, 15) is 14.3 Å². The highest BCUT2D eigenvalue weighted by atomic mass is 19.1. The monoisotopic (exact) mass is 347 g/mol. The van der Waals surface area contributed by atoms with Crippen molar-refractivity contribution < 1.29 is 14.3 Å². The van der Waals surface area contributed by atoms with Crippen LogP contribution in [0.4, 0.5) is 4.39 Å². The minimum Gasteiger partial charge on any atom is -0.478 e. The van der Waals surface area contributed by atoms with Crippen LogP contribution < -0.4 is 0 Å². The Kier molecular flexibility index (Phi) is 3.73. The van der Waals surface area contributed by atoms with E-state index in [0.29, 0.717) is 17.0 Å². The third-order valence-corrected chi connectivity index (χ3v) is 4.19. The Morgan fingerprint density at radius 2 is 1.73 bits per heavy atom. The molecule has 2 aromatic heterocycles. The first-order valence-electron chi connectivity index (χ1n) is 7.99. The van der Waals surface area contributed by atoms with E-state index in [1.165, 1.54) is 16.6 Å². The van der Waals surface area contributed by atoms with E-state index in [0.717, 1.165) is 11.3 Å². The summed E-state index contributed by atoms with van der Waals surface area (Å²) < 4.78 is 14.8. The number of fused-ring (bicyclic) bond motifs is 1. The fourth-order valence-electron chi connectivity index (χ4n) is 2.96. The highest BCUT2D eigenvalue weighted by Crippen LogP contribution is 2.29. The average molecular weight is 347 g/mol. The number of pyridine rings is 1. The number of hydrogen-bond donors (Lipinski definition) is 1. The molecule has 0 unspecified atom stereocenters. The second kappa shape index (κ2) is 6.07. The van der Waals surface area contributed by atoms with Crippen molar-refractivity contribution in [2.75, 3.05) is 0 Å². The maximum atomic E-state index is 13.2. The molecule has 26 heavy (non-hydrogen) atoms. The Labute approximate surface area is 148 Å². The van der Waals surface area contributed by atoms with Gasteiger partial charge in [-0.05, 0) is 30.7 Å². The summed E-state index contributed by atoms with van der Waals surface area (Å²) in [7, 11) is 0. The van der Waals surface area contributed by atoms with Crippen molar-refractivity contribution in [1.82, 2.24) is 14.6 Å². The number of aryl methyl sites for hydroxylation is 1. The van der Waals surface area contributed by atoms with Crippen LogP contribution in [0, 0.1) is 12.7 Å². The predicted octanol–water partition coefficient (Wildman–Crippen LogP) is 4.21. The smallest absolute Gasteiger partial charge is 0.340 e. The summed E-state index contributed by atoms with van der Waals surface area (Å²) >= 11 is 0. The van der Waals surface area contributed by atoms with Gasteiger partial charge in [-0.1, -0.05) is 42.5 Å². The number of benzene rings is 2. The van der Waals surface area contributed by atoms with Crippen LogP contribution in [0.25, 0.3) is 28.2 Å². The molecule has 0 aliphatic rings. The average Bonchev–Trinajstić information content (AvgIpc) is 3.08. The molecule has 5 nitrogen and oxygen atoms in total. The zero-order chi connectivity index (χ0) is 18.3. The molecule has 0 aliphatic carbocycles. The Bertz CT molecular complexity index is 1120. The van der Waals surface area contributed by atoms with E-state index in [1.54, 1.807) is 18.2 Å². The molecule has 0 spiro atoms. The van der Waals surface area contributed by atoms with Gasteiger partial charge in [0.05, 0.1) is 0 Å². The van der Waals surface area contributed by atoms with Crippen molar-refractivity contribution in [2.24, 2.45) is 0 Å². The quantitative estimate of drug-likeness (QED) is 0.603. The third-order valence-electron chi connectivity index (χ3n) is 4.19. The van der Waals surface area contributed by atoms with Gasteiger partial charge in [-0.2, -0.15) is 0 Å². The van der Waals surface area contributed by atoms with Gasteiger partial charge in [-0.15, -0.1) is 5.10 Å². The van der Waals surface area contributed by atoms with Crippen molar-refractivity contribution >= 4 is 11.6 Å². The normalized spacial score (nSPS) is 11.0. The van der Waals surface area contributed by atoms with E-state index < -0.39 is 5.97 Å². The summed E-state index contributed by atoms with van der Waals surface area (Å²) in [6.45, 7) is 1.83. The number of carbonyl (C=O) groups is 1. The van der Waals surface area contributed by atoms with E-state index in [2.05, 4.69) is 10.1 Å². The summed E-state index contributed by atoms with van der Waals surface area (Å²) in [5.41, 5.74) is 2.93. The molecular formula is C20H14FN3O2. The lowest BCUT2D eigenvalue weighted by molar-refractivity contribution is 0.0699. The number of hydrogen-bond acceptors (Lipinski definition) is 3. The fraction of sp³-hybridized carbons (Fsp3) is 0.0500. The molecule has 2 heterocycles. The molecule has 0 fully saturated rings. The SMILES string of the molecule is Cc1cc(-c2ccc(F)cc2)c(C(=O)O)c2nc(-c3ccccc3)nn12. The number of aromatic nitrogens is 3. The van der Waals surface area contributed by atoms with Gasteiger partial charge in [-0.25, -0.2) is 18.7 Å². The number of halogens is 1. The number of rotatable bonds is 3. The number of aromatic carboxylic acids is 1. The largest absolute Gasteiger partial charge is 0.478 e. The standard InChI is InChI=1S/C20H14FN3O2/c1-12-11-16(13-7-9-15(21)10-8-13)17(20(25)26)19-22-18(23-24(12)19)14-5-3-2-4-6-14/h2-11H,1H3,(H,25,26). The highest BCUT2D eigenvalue weighted by Gasteiger charge is 2.21. The second-order valence-corrected chi connectivity index (χ2v) is 5.92. The Morgan fingerprint density at radius 1 is 1.04 bits per heavy atom. The van der Waals surface area contributed by atoms with Crippen LogP contribution in [0.1, 0.15) is 16.1 Å². The van der Waals surface area contributed by atoms with Gasteiger partial charge in [0.1, 0.15) is 11.4 Å². The number of nitrogens with zero attached hydrogens (tertiary/aromatic N) is 3. The summed E-state index contributed by atoms with van der Waals surface area (Å²) in [4.78, 5) is 16.4. The zero-order valence-electron chi connectivity index (χ0n) is 13.8. The third kappa shape index (κ3) is 2.61. The van der Waals surface area contributed by atoms with Crippen LogP contribution >= 0.6 is 0 Å². The minimum absolute atomic E-state index is 0.0388. The molecule has 0 radical (unpaired) electrons. The van der Waals surface area contributed by atoms with E-state index in [1.807, 2.05) is 37.3 Å². The summed E-state index contributed by atoms with van der Waals surface area (Å²) in [5, 5.41) is 14.3. The minimum atomic E-state index is -1.11. The fourth-order valence-corrected chi connectivity index (χ4v) is 2.96. The lowest BCUT2D eigenvalue weighted by Crippen LogP contribution is -2.06. The number of carboxylic acid groups (broad SMARTS) is 1. The van der Waals surface area contributed by atoms with Gasteiger partial charge in [0.15, 0.2) is 11.5 Å². The summed E-state index contributed by atoms with van der Waals surface area (Å²) in [6.07, 6.45) is 0. The molecule has 4 rings (SSSR count). The Hall–Kier alpha value is -3.54. The second-order valence-electron chi connectivity index (χ2n) is 5.92. The van der Waals surface area contributed by atoms with Gasteiger partial charge in [0, 0.05) is 16.8 Å². The summed E-state index contributed by atoms with van der Waals surface area (Å²) in [5.74, 6) is -1.04. The van der Waals surface area contributed by atoms with Crippen LogP contribution in [0.2, 0.25) is 0 Å². The van der Waals surface area contributed by atoms with Gasteiger partial charge in [0.25, 0.3) is 0 Å². The topological polar surface area (TPSA) is 67.5 Å². The molecule has 0 bridgehead atoms. The first-order chi connectivity index (χ1) is 12.5. The molecule has 6 heteroatoms. The van der Waals surface area contributed by atoms with Crippen molar-refractivity contribution in [3.8, 4) is 22.5 Å². The molecule has 2 aromatic carbocycles. The van der Waals surface area contributed by atoms with Crippen LogP contribution in [0.15, 0.2) is 60.7 Å². The van der Waals surface area contributed by atoms with E-state index >= 15 is 0 Å². The lowest BCUT2D eigenvalue weighted by atomic mass is 10.00. The Balaban J connectivity index is 2.01. The number of carboxylic acids is 1. The van der Waals surface area contributed by atoms with Gasteiger partial charge < -0.3 is 5.11 Å². The zero-order valence-corrected chi connectivity index (χ0v) is 13.8.